The lowest BCUT2D eigenvalue weighted by Crippen LogP contribution is -2.53. The van der Waals surface area contributed by atoms with Crippen LogP contribution >= 0.6 is 11.6 Å². The molecule has 0 aliphatic carbocycles. The zero-order valence-electron chi connectivity index (χ0n) is 22.8. The molecule has 0 bridgehead atoms. The highest BCUT2D eigenvalue weighted by Gasteiger charge is 2.34. The maximum atomic E-state index is 14.0. The summed E-state index contributed by atoms with van der Waals surface area (Å²) in [7, 11) is -4.13. The zero-order valence-corrected chi connectivity index (χ0v) is 24.4. The molecule has 0 aromatic heterocycles. The molecule has 0 heterocycles. The van der Waals surface area contributed by atoms with Crippen LogP contribution in [0.1, 0.15) is 44.7 Å². The largest absolute Gasteiger partial charge is 0.352 e. The van der Waals surface area contributed by atoms with Crippen molar-refractivity contribution in [2.75, 3.05) is 10.8 Å². The zero-order chi connectivity index (χ0) is 28.6. The second-order valence-corrected chi connectivity index (χ2v) is 11.8. The molecule has 3 rings (SSSR count). The number of aryl methyl sites for hydroxylation is 1. The van der Waals surface area contributed by atoms with Gasteiger partial charge >= 0.3 is 0 Å². The van der Waals surface area contributed by atoms with Gasteiger partial charge in [0.2, 0.25) is 11.8 Å². The Bertz CT molecular complexity index is 1370. The summed E-state index contributed by atoms with van der Waals surface area (Å²) in [6.07, 6.45) is 1.11. The molecule has 0 aliphatic heterocycles. The minimum atomic E-state index is -4.13. The van der Waals surface area contributed by atoms with Gasteiger partial charge in [-0.3, -0.25) is 13.9 Å². The van der Waals surface area contributed by atoms with Crippen molar-refractivity contribution in [1.29, 1.82) is 0 Å². The normalized spacial score (nSPS) is 12.8. The standard InChI is InChI=1S/C30H36ClN3O4S/c1-5-23(4)32-30(36)28(6-2)33(20-24-13-9-7-10-14-24)29(35)21-34(25-18-17-22(3)27(31)19-25)39(37,38)26-15-11-8-12-16-26/h7-19,23,28H,5-6,20-21H2,1-4H3,(H,32,36)/t23-,28+/m1/s1. The van der Waals surface area contributed by atoms with Gasteiger partial charge in [0.05, 0.1) is 10.6 Å². The average Bonchev–Trinajstić information content (AvgIpc) is 2.93. The first-order chi connectivity index (χ1) is 18.6. The van der Waals surface area contributed by atoms with Crippen LogP contribution in [0.3, 0.4) is 0 Å². The lowest BCUT2D eigenvalue weighted by atomic mass is 10.1. The van der Waals surface area contributed by atoms with Crippen LogP contribution in [-0.2, 0) is 26.2 Å². The van der Waals surface area contributed by atoms with Gasteiger partial charge in [-0.2, -0.15) is 0 Å². The molecular formula is C30H36ClN3O4S. The summed E-state index contributed by atoms with van der Waals surface area (Å²) in [5.41, 5.74) is 1.87. The van der Waals surface area contributed by atoms with E-state index < -0.39 is 28.5 Å². The topological polar surface area (TPSA) is 86.8 Å². The third kappa shape index (κ3) is 7.61. The molecule has 2 amide bonds. The number of halogens is 1. The van der Waals surface area contributed by atoms with E-state index in [0.29, 0.717) is 11.4 Å². The van der Waals surface area contributed by atoms with Crippen molar-refractivity contribution in [2.24, 2.45) is 0 Å². The highest BCUT2D eigenvalue weighted by molar-refractivity contribution is 7.92. The fraction of sp³-hybridized carbons (Fsp3) is 0.333. The molecule has 0 aliphatic rings. The quantitative estimate of drug-likeness (QED) is 0.309. The number of nitrogens with one attached hydrogen (secondary N) is 1. The fourth-order valence-corrected chi connectivity index (χ4v) is 5.73. The van der Waals surface area contributed by atoms with Gasteiger partial charge in [0.15, 0.2) is 0 Å². The van der Waals surface area contributed by atoms with E-state index in [1.807, 2.05) is 58.0 Å². The fourth-order valence-electron chi connectivity index (χ4n) is 4.13. The highest BCUT2D eigenvalue weighted by Crippen LogP contribution is 2.28. The van der Waals surface area contributed by atoms with Gasteiger partial charge in [-0.05, 0) is 62.1 Å². The number of sulfonamides is 1. The summed E-state index contributed by atoms with van der Waals surface area (Å²) in [6, 6.07) is 21.3. The minimum absolute atomic E-state index is 0.0469. The van der Waals surface area contributed by atoms with Crippen LogP contribution in [0.5, 0.6) is 0 Å². The Morgan fingerprint density at radius 2 is 1.54 bits per heavy atom. The molecule has 3 aromatic rings. The van der Waals surface area contributed by atoms with Crippen LogP contribution in [0.15, 0.2) is 83.8 Å². The van der Waals surface area contributed by atoms with Gasteiger partial charge in [-0.1, -0.05) is 80.0 Å². The predicted octanol–water partition coefficient (Wildman–Crippen LogP) is 5.57. The molecule has 0 radical (unpaired) electrons. The smallest absolute Gasteiger partial charge is 0.264 e. The number of rotatable bonds is 12. The van der Waals surface area contributed by atoms with Crippen LogP contribution in [0.4, 0.5) is 5.69 Å². The molecule has 0 saturated carbocycles. The van der Waals surface area contributed by atoms with E-state index in [-0.39, 0.29) is 29.1 Å². The summed E-state index contributed by atoms with van der Waals surface area (Å²) < 4.78 is 28.7. The Labute approximate surface area is 236 Å². The van der Waals surface area contributed by atoms with Crippen molar-refractivity contribution in [3.63, 3.8) is 0 Å². The van der Waals surface area contributed by atoms with Crippen molar-refractivity contribution < 1.29 is 18.0 Å². The molecule has 39 heavy (non-hydrogen) atoms. The predicted molar refractivity (Wildman–Crippen MR) is 156 cm³/mol. The summed E-state index contributed by atoms with van der Waals surface area (Å²) in [6.45, 7) is 7.18. The highest BCUT2D eigenvalue weighted by atomic mass is 35.5. The average molecular weight is 570 g/mol. The SMILES string of the molecule is CC[C@@H](C)NC(=O)[C@H](CC)N(Cc1ccccc1)C(=O)CN(c1ccc(C)c(Cl)c1)S(=O)(=O)c1ccccc1. The van der Waals surface area contributed by atoms with E-state index in [4.69, 9.17) is 11.6 Å². The lowest BCUT2D eigenvalue weighted by Gasteiger charge is -2.33. The summed E-state index contributed by atoms with van der Waals surface area (Å²) in [5, 5.41) is 3.36. The summed E-state index contributed by atoms with van der Waals surface area (Å²) in [5.74, 6) is -0.770. The third-order valence-electron chi connectivity index (χ3n) is 6.64. The van der Waals surface area contributed by atoms with Crippen molar-refractivity contribution >= 4 is 39.1 Å². The molecule has 0 saturated heterocycles. The first-order valence-corrected chi connectivity index (χ1v) is 14.9. The number of carbonyl (C=O) groups excluding carboxylic acids is 2. The number of nitrogens with zero attached hydrogens (tertiary/aromatic N) is 2. The van der Waals surface area contributed by atoms with E-state index >= 15 is 0 Å². The number of benzene rings is 3. The van der Waals surface area contributed by atoms with Gasteiger partial charge in [-0.15, -0.1) is 0 Å². The van der Waals surface area contributed by atoms with E-state index in [2.05, 4.69) is 5.32 Å². The van der Waals surface area contributed by atoms with E-state index in [1.54, 1.807) is 36.4 Å². The third-order valence-corrected chi connectivity index (χ3v) is 8.83. The molecule has 0 spiro atoms. The Balaban J connectivity index is 2.06. The van der Waals surface area contributed by atoms with Gasteiger partial charge in [0.25, 0.3) is 10.0 Å². The van der Waals surface area contributed by atoms with Crippen LogP contribution in [-0.4, -0.2) is 43.8 Å². The molecule has 208 valence electrons. The molecule has 1 N–H and O–H groups in total. The molecular weight excluding hydrogens is 534 g/mol. The first-order valence-electron chi connectivity index (χ1n) is 13.1. The van der Waals surface area contributed by atoms with E-state index in [9.17, 15) is 18.0 Å². The second kappa shape index (κ2) is 13.6. The van der Waals surface area contributed by atoms with Crippen LogP contribution in [0, 0.1) is 6.92 Å². The van der Waals surface area contributed by atoms with Crippen molar-refractivity contribution in [1.82, 2.24) is 10.2 Å². The number of hydrogen-bond donors (Lipinski definition) is 1. The first kappa shape index (κ1) is 30.2. The number of carbonyl (C=O) groups is 2. The summed E-state index contributed by atoms with van der Waals surface area (Å²) in [4.78, 5) is 28.8. The number of anilines is 1. The maximum Gasteiger partial charge on any atom is 0.264 e. The Hall–Kier alpha value is -3.36. The van der Waals surface area contributed by atoms with E-state index in [1.165, 1.54) is 17.0 Å². The van der Waals surface area contributed by atoms with Crippen LogP contribution < -0.4 is 9.62 Å². The summed E-state index contributed by atoms with van der Waals surface area (Å²) >= 11 is 6.37. The maximum absolute atomic E-state index is 14.0. The Kier molecular flexibility index (Phi) is 10.5. The lowest BCUT2D eigenvalue weighted by molar-refractivity contribution is -0.140. The Morgan fingerprint density at radius 3 is 2.10 bits per heavy atom. The number of amides is 2. The molecule has 7 nitrogen and oxygen atoms in total. The van der Waals surface area contributed by atoms with Gasteiger partial charge in [-0.25, -0.2) is 8.42 Å². The molecule has 2 atom stereocenters. The molecule has 9 heteroatoms. The minimum Gasteiger partial charge on any atom is -0.352 e. The van der Waals surface area contributed by atoms with Crippen LogP contribution in [0.25, 0.3) is 0 Å². The number of hydrogen-bond acceptors (Lipinski definition) is 4. The van der Waals surface area contributed by atoms with Crippen LogP contribution in [0.2, 0.25) is 5.02 Å². The van der Waals surface area contributed by atoms with Crippen molar-refractivity contribution in [3.8, 4) is 0 Å². The van der Waals surface area contributed by atoms with Gasteiger partial charge in [0, 0.05) is 17.6 Å². The monoisotopic (exact) mass is 569 g/mol. The Morgan fingerprint density at radius 1 is 0.923 bits per heavy atom. The van der Waals surface area contributed by atoms with Crippen molar-refractivity contribution in [3.05, 3.63) is 95.0 Å². The van der Waals surface area contributed by atoms with Crippen molar-refractivity contribution in [2.45, 2.75) is 64.1 Å². The van der Waals surface area contributed by atoms with E-state index in [0.717, 1.165) is 21.9 Å². The van der Waals surface area contributed by atoms with Gasteiger partial charge < -0.3 is 10.2 Å². The second-order valence-electron chi connectivity index (χ2n) is 9.51. The molecule has 0 fully saturated rings. The molecule has 3 aromatic carbocycles. The van der Waals surface area contributed by atoms with Gasteiger partial charge in [0.1, 0.15) is 12.6 Å². The molecule has 0 unspecified atom stereocenters.